The Kier molecular flexibility index (Phi) is 4.86. The predicted octanol–water partition coefficient (Wildman–Crippen LogP) is 2.60. The van der Waals surface area contributed by atoms with E-state index in [4.69, 9.17) is 0 Å². The number of guanidine groups is 1. The summed E-state index contributed by atoms with van der Waals surface area (Å²) in [6.45, 7) is 1.88. The van der Waals surface area contributed by atoms with Crippen molar-refractivity contribution in [3.8, 4) is 0 Å². The van der Waals surface area contributed by atoms with E-state index >= 15 is 0 Å². The van der Waals surface area contributed by atoms with Gasteiger partial charge >= 0.3 is 0 Å². The van der Waals surface area contributed by atoms with E-state index in [1.165, 1.54) is 31.2 Å². The largest absolute Gasteiger partial charge is 0.356 e. The minimum absolute atomic E-state index is 0.853. The van der Waals surface area contributed by atoms with Crippen molar-refractivity contribution in [3.63, 3.8) is 0 Å². The van der Waals surface area contributed by atoms with Crippen LogP contribution in [-0.4, -0.2) is 19.6 Å². The molecule has 4 heteroatoms. The molecule has 17 heavy (non-hydrogen) atoms. The van der Waals surface area contributed by atoms with Gasteiger partial charge in [-0.2, -0.15) is 11.3 Å². The van der Waals surface area contributed by atoms with Crippen LogP contribution in [0.2, 0.25) is 0 Å². The topological polar surface area (TPSA) is 36.4 Å². The summed E-state index contributed by atoms with van der Waals surface area (Å²) < 4.78 is 0. The summed E-state index contributed by atoms with van der Waals surface area (Å²) in [6, 6.07) is 2.14. The van der Waals surface area contributed by atoms with Crippen molar-refractivity contribution >= 4 is 17.3 Å². The summed E-state index contributed by atoms with van der Waals surface area (Å²) in [4.78, 5) is 4.22. The van der Waals surface area contributed by atoms with E-state index in [0.717, 1.165) is 25.0 Å². The van der Waals surface area contributed by atoms with Crippen molar-refractivity contribution in [2.24, 2.45) is 10.9 Å². The second-order valence-electron chi connectivity index (χ2n) is 4.57. The van der Waals surface area contributed by atoms with Crippen LogP contribution >= 0.6 is 11.3 Å². The molecule has 0 atom stereocenters. The first-order chi connectivity index (χ1) is 8.38. The molecule has 1 heterocycles. The van der Waals surface area contributed by atoms with Crippen molar-refractivity contribution < 1.29 is 0 Å². The van der Waals surface area contributed by atoms with Crippen LogP contribution < -0.4 is 10.6 Å². The van der Waals surface area contributed by atoms with Crippen LogP contribution in [0.5, 0.6) is 0 Å². The summed E-state index contributed by atoms with van der Waals surface area (Å²) in [5.74, 6) is 1.93. The molecule has 0 aliphatic heterocycles. The molecule has 0 amide bonds. The van der Waals surface area contributed by atoms with Crippen molar-refractivity contribution in [2.45, 2.75) is 32.2 Å². The zero-order valence-corrected chi connectivity index (χ0v) is 11.2. The van der Waals surface area contributed by atoms with E-state index < -0.39 is 0 Å². The molecule has 1 saturated carbocycles. The lowest BCUT2D eigenvalue weighted by Crippen LogP contribution is -2.37. The van der Waals surface area contributed by atoms with Crippen molar-refractivity contribution in [3.05, 3.63) is 22.4 Å². The molecule has 94 valence electrons. The summed E-state index contributed by atoms with van der Waals surface area (Å²) in [5, 5.41) is 10.9. The lowest BCUT2D eigenvalue weighted by Gasteiger charge is -2.10. The average Bonchev–Trinajstić information content (AvgIpc) is 3.02. The molecule has 2 rings (SSSR count). The molecule has 2 N–H and O–H groups in total. The third-order valence-electron chi connectivity index (χ3n) is 3.04. The second kappa shape index (κ2) is 6.64. The standard InChI is InChI=1S/C13H21N3S/c1-14-13(15-7-2-3-11-4-5-11)16-9-12-6-8-17-10-12/h6,8,10-11H,2-5,7,9H2,1H3,(H2,14,15,16). The highest BCUT2D eigenvalue weighted by Gasteiger charge is 2.19. The molecule has 0 unspecified atom stereocenters. The van der Waals surface area contributed by atoms with E-state index in [1.807, 2.05) is 7.05 Å². The predicted molar refractivity (Wildman–Crippen MR) is 74.5 cm³/mol. The van der Waals surface area contributed by atoms with Crippen LogP contribution in [0.3, 0.4) is 0 Å². The maximum Gasteiger partial charge on any atom is 0.191 e. The molecular weight excluding hydrogens is 230 g/mol. The highest BCUT2D eigenvalue weighted by Crippen LogP contribution is 2.33. The third kappa shape index (κ3) is 4.77. The fraction of sp³-hybridized carbons (Fsp3) is 0.615. The van der Waals surface area contributed by atoms with Crippen LogP contribution in [0.25, 0.3) is 0 Å². The molecule has 0 aromatic carbocycles. The van der Waals surface area contributed by atoms with Gasteiger partial charge in [-0.1, -0.05) is 12.8 Å². The summed E-state index contributed by atoms with van der Waals surface area (Å²) in [5.41, 5.74) is 1.32. The molecule has 0 saturated heterocycles. The Balaban J connectivity index is 1.59. The van der Waals surface area contributed by atoms with Gasteiger partial charge in [-0.05, 0) is 41.1 Å². The highest BCUT2D eigenvalue weighted by molar-refractivity contribution is 7.07. The minimum Gasteiger partial charge on any atom is -0.356 e. The van der Waals surface area contributed by atoms with Crippen molar-refractivity contribution in [2.75, 3.05) is 13.6 Å². The smallest absolute Gasteiger partial charge is 0.191 e. The van der Waals surface area contributed by atoms with Gasteiger partial charge in [0.1, 0.15) is 0 Å². The van der Waals surface area contributed by atoms with Crippen LogP contribution in [0, 0.1) is 5.92 Å². The van der Waals surface area contributed by atoms with E-state index in [-0.39, 0.29) is 0 Å². The first-order valence-electron chi connectivity index (χ1n) is 6.34. The monoisotopic (exact) mass is 251 g/mol. The van der Waals surface area contributed by atoms with Gasteiger partial charge in [0.25, 0.3) is 0 Å². The number of nitrogens with one attached hydrogen (secondary N) is 2. The Bertz CT molecular complexity index is 342. The van der Waals surface area contributed by atoms with Crippen LogP contribution in [0.15, 0.2) is 21.8 Å². The van der Waals surface area contributed by atoms with Gasteiger partial charge in [0, 0.05) is 20.1 Å². The summed E-state index contributed by atoms with van der Waals surface area (Å²) in [7, 11) is 1.82. The first-order valence-corrected chi connectivity index (χ1v) is 7.28. The van der Waals surface area contributed by atoms with Crippen LogP contribution in [-0.2, 0) is 6.54 Å². The van der Waals surface area contributed by atoms with Gasteiger partial charge < -0.3 is 10.6 Å². The molecular formula is C13H21N3S. The molecule has 0 spiro atoms. The fourth-order valence-electron chi connectivity index (χ4n) is 1.80. The number of hydrogen-bond donors (Lipinski definition) is 2. The van der Waals surface area contributed by atoms with Crippen LogP contribution in [0.4, 0.5) is 0 Å². The maximum absolute atomic E-state index is 4.22. The summed E-state index contributed by atoms with van der Waals surface area (Å²) in [6.07, 6.45) is 5.52. The van der Waals surface area contributed by atoms with E-state index in [9.17, 15) is 0 Å². The number of nitrogens with zero attached hydrogens (tertiary/aromatic N) is 1. The minimum atomic E-state index is 0.853. The van der Waals surface area contributed by atoms with Crippen LogP contribution in [0.1, 0.15) is 31.2 Å². The SMILES string of the molecule is CN=C(NCCCC1CC1)NCc1ccsc1. The van der Waals surface area contributed by atoms with E-state index in [0.29, 0.717) is 0 Å². The number of thiophene rings is 1. The normalized spacial score (nSPS) is 15.9. The zero-order chi connectivity index (χ0) is 11.9. The number of aliphatic imine (C=N–C) groups is 1. The molecule has 0 radical (unpaired) electrons. The van der Waals surface area contributed by atoms with Gasteiger partial charge in [-0.25, -0.2) is 0 Å². The Morgan fingerprint density at radius 3 is 3.00 bits per heavy atom. The molecule has 1 aliphatic carbocycles. The van der Waals surface area contributed by atoms with Crippen molar-refractivity contribution in [1.82, 2.24) is 10.6 Å². The molecule has 1 aliphatic rings. The lowest BCUT2D eigenvalue weighted by atomic mass is 10.2. The number of rotatable bonds is 6. The quantitative estimate of drug-likeness (QED) is 0.463. The first kappa shape index (κ1) is 12.4. The molecule has 1 aromatic heterocycles. The van der Waals surface area contributed by atoms with Crippen molar-refractivity contribution in [1.29, 1.82) is 0 Å². The summed E-state index contributed by atoms with van der Waals surface area (Å²) >= 11 is 1.73. The third-order valence-corrected chi connectivity index (χ3v) is 3.77. The molecule has 1 aromatic rings. The van der Waals surface area contributed by atoms with E-state index in [2.05, 4.69) is 32.5 Å². The Hall–Kier alpha value is -1.03. The van der Waals surface area contributed by atoms with Gasteiger partial charge in [0.05, 0.1) is 0 Å². The maximum atomic E-state index is 4.22. The van der Waals surface area contributed by atoms with Gasteiger partial charge in [0.15, 0.2) is 5.96 Å². The van der Waals surface area contributed by atoms with Gasteiger partial charge in [0.2, 0.25) is 0 Å². The van der Waals surface area contributed by atoms with E-state index in [1.54, 1.807) is 11.3 Å². The highest BCUT2D eigenvalue weighted by atomic mass is 32.1. The Morgan fingerprint density at radius 2 is 2.35 bits per heavy atom. The molecule has 1 fully saturated rings. The Morgan fingerprint density at radius 1 is 1.47 bits per heavy atom. The zero-order valence-electron chi connectivity index (χ0n) is 10.4. The Labute approximate surface area is 107 Å². The van der Waals surface area contributed by atoms with Gasteiger partial charge in [-0.3, -0.25) is 4.99 Å². The number of hydrogen-bond acceptors (Lipinski definition) is 2. The average molecular weight is 251 g/mol. The second-order valence-corrected chi connectivity index (χ2v) is 5.35. The van der Waals surface area contributed by atoms with Gasteiger partial charge in [-0.15, -0.1) is 0 Å². The fourth-order valence-corrected chi connectivity index (χ4v) is 2.47. The molecule has 0 bridgehead atoms. The lowest BCUT2D eigenvalue weighted by molar-refractivity contribution is 0.644. The molecule has 3 nitrogen and oxygen atoms in total.